The number of ether oxygens (including phenoxy) is 1. The number of rotatable bonds is 7. The SMILES string of the molecule is COc1ccc(-c2cc(NC(=O)CCCN3CCCC3C)n[nH]2)c(F)c1F. The average Bonchev–Trinajstić information content (AvgIpc) is 3.27. The standard InChI is InChI=1S/C19H24F2N4O2/c1-12-5-3-9-25(12)10-4-6-17(26)22-16-11-14(23-24-16)13-7-8-15(27-2)19(21)18(13)20/h7-8,11-12H,3-6,9-10H2,1-2H3,(H2,22,23,24,26). The smallest absolute Gasteiger partial charge is 0.225 e. The van der Waals surface area contributed by atoms with E-state index in [1.165, 1.54) is 38.2 Å². The predicted octanol–water partition coefficient (Wildman–Crippen LogP) is 3.57. The predicted molar refractivity (Wildman–Crippen MR) is 98.6 cm³/mol. The second-order valence-electron chi connectivity index (χ2n) is 6.79. The molecule has 6 nitrogen and oxygen atoms in total. The molecule has 0 bridgehead atoms. The Morgan fingerprint density at radius 3 is 2.93 bits per heavy atom. The number of hydrogen-bond donors (Lipinski definition) is 2. The summed E-state index contributed by atoms with van der Waals surface area (Å²) in [6.45, 7) is 4.20. The van der Waals surface area contributed by atoms with Gasteiger partial charge in [-0.1, -0.05) is 0 Å². The molecule has 0 spiro atoms. The van der Waals surface area contributed by atoms with Crippen LogP contribution in [0.25, 0.3) is 11.3 Å². The maximum atomic E-state index is 14.2. The van der Waals surface area contributed by atoms with Gasteiger partial charge < -0.3 is 15.0 Å². The van der Waals surface area contributed by atoms with Crippen LogP contribution < -0.4 is 10.1 Å². The Hall–Kier alpha value is -2.48. The molecule has 27 heavy (non-hydrogen) atoms. The average molecular weight is 378 g/mol. The van der Waals surface area contributed by atoms with Crippen molar-refractivity contribution in [2.75, 3.05) is 25.5 Å². The van der Waals surface area contributed by atoms with Gasteiger partial charge in [0.1, 0.15) is 0 Å². The van der Waals surface area contributed by atoms with Crippen molar-refractivity contribution in [2.24, 2.45) is 0 Å². The van der Waals surface area contributed by atoms with Crippen LogP contribution in [0.3, 0.4) is 0 Å². The Kier molecular flexibility index (Phi) is 6.05. The zero-order valence-corrected chi connectivity index (χ0v) is 15.5. The van der Waals surface area contributed by atoms with Gasteiger partial charge in [0.25, 0.3) is 0 Å². The molecule has 1 aromatic heterocycles. The molecule has 1 amide bonds. The molecule has 8 heteroatoms. The fourth-order valence-corrected chi connectivity index (χ4v) is 3.39. The van der Waals surface area contributed by atoms with Crippen LogP contribution in [-0.4, -0.2) is 47.2 Å². The van der Waals surface area contributed by atoms with Crippen molar-refractivity contribution < 1.29 is 18.3 Å². The van der Waals surface area contributed by atoms with Crippen molar-refractivity contribution in [3.8, 4) is 17.0 Å². The number of benzene rings is 1. The van der Waals surface area contributed by atoms with Crippen molar-refractivity contribution in [2.45, 2.75) is 38.6 Å². The summed E-state index contributed by atoms with van der Waals surface area (Å²) < 4.78 is 32.8. The summed E-state index contributed by atoms with van der Waals surface area (Å²) in [6.07, 6.45) is 3.58. The lowest BCUT2D eigenvalue weighted by Gasteiger charge is -2.20. The lowest BCUT2D eigenvalue weighted by molar-refractivity contribution is -0.116. The molecule has 2 aromatic rings. The molecular formula is C19H24F2N4O2. The summed E-state index contributed by atoms with van der Waals surface area (Å²) in [5.74, 6) is -2.14. The van der Waals surface area contributed by atoms with Crippen LogP contribution in [-0.2, 0) is 4.79 Å². The van der Waals surface area contributed by atoms with Gasteiger partial charge >= 0.3 is 0 Å². The summed E-state index contributed by atoms with van der Waals surface area (Å²) >= 11 is 0. The van der Waals surface area contributed by atoms with E-state index in [0.717, 1.165) is 19.5 Å². The van der Waals surface area contributed by atoms with E-state index in [0.29, 0.717) is 12.5 Å². The van der Waals surface area contributed by atoms with Gasteiger partial charge in [-0.3, -0.25) is 9.89 Å². The van der Waals surface area contributed by atoms with E-state index in [1.54, 1.807) is 0 Å². The number of carbonyl (C=O) groups is 1. The van der Waals surface area contributed by atoms with Gasteiger partial charge in [-0.2, -0.15) is 9.49 Å². The van der Waals surface area contributed by atoms with E-state index >= 15 is 0 Å². The molecule has 0 aliphatic carbocycles. The second-order valence-corrected chi connectivity index (χ2v) is 6.79. The molecular weight excluding hydrogens is 354 g/mol. The zero-order chi connectivity index (χ0) is 19.4. The van der Waals surface area contributed by atoms with Crippen LogP contribution in [0.1, 0.15) is 32.6 Å². The van der Waals surface area contributed by atoms with E-state index in [1.807, 2.05) is 0 Å². The Labute approximate surface area is 156 Å². The maximum Gasteiger partial charge on any atom is 0.225 e. The van der Waals surface area contributed by atoms with Crippen LogP contribution >= 0.6 is 0 Å². The first-order chi connectivity index (χ1) is 13.0. The number of carbonyl (C=O) groups excluding carboxylic acids is 1. The first kappa shape index (κ1) is 19.3. The number of aromatic amines is 1. The Bertz CT molecular complexity index is 809. The van der Waals surface area contributed by atoms with Crippen molar-refractivity contribution in [3.05, 3.63) is 29.8 Å². The van der Waals surface area contributed by atoms with E-state index in [4.69, 9.17) is 4.74 Å². The highest BCUT2D eigenvalue weighted by Gasteiger charge is 2.20. The van der Waals surface area contributed by atoms with E-state index in [9.17, 15) is 13.6 Å². The number of anilines is 1. The molecule has 1 aromatic carbocycles. The van der Waals surface area contributed by atoms with E-state index < -0.39 is 11.6 Å². The van der Waals surface area contributed by atoms with E-state index in [2.05, 4.69) is 27.3 Å². The van der Waals surface area contributed by atoms with Crippen molar-refractivity contribution >= 4 is 11.7 Å². The molecule has 0 radical (unpaired) electrons. The third-order valence-corrected chi connectivity index (χ3v) is 4.94. The number of H-pyrrole nitrogens is 1. The van der Waals surface area contributed by atoms with Gasteiger partial charge in [-0.15, -0.1) is 0 Å². The van der Waals surface area contributed by atoms with Crippen LogP contribution in [0.2, 0.25) is 0 Å². The number of hydrogen-bond acceptors (Lipinski definition) is 4. The Morgan fingerprint density at radius 2 is 2.22 bits per heavy atom. The molecule has 1 unspecified atom stereocenters. The molecule has 3 rings (SSSR count). The minimum absolute atomic E-state index is 0.0179. The molecule has 2 heterocycles. The lowest BCUT2D eigenvalue weighted by atomic mass is 10.1. The zero-order valence-electron chi connectivity index (χ0n) is 15.5. The molecule has 1 saturated heterocycles. The first-order valence-electron chi connectivity index (χ1n) is 9.11. The number of amides is 1. The molecule has 1 aliphatic heterocycles. The Morgan fingerprint density at radius 1 is 1.41 bits per heavy atom. The number of nitrogens with one attached hydrogen (secondary N) is 2. The van der Waals surface area contributed by atoms with Crippen LogP contribution in [0.15, 0.2) is 18.2 Å². The van der Waals surface area contributed by atoms with Crippen molar-refractivity contribution in [1.29, 1.82) is 0 Å². The van der Waals surface area contributed by atoms with Gasteiger partial charge in [0.15, 0.2) is 17.4 Å². The number of methoxy groups -OCH3 is 1. The van der Waals surface area contributed by atoms with Crippen molar-refractivity contribution in [3.63, 3.8) is 0 Å². The van der Waals surface area contributed by atoms with Gasteiger partial charge in [0.2, 0.25) is 11.7 Å². The van der Waals surface area contributed by atoms with Crippen molar-refractivity contribution in [1.82, 2.24) is 15.1 Å². The fourth-order valence-electron chi connectivity index (χ4n) is 3.39. The monoisotopic (exact) mass is 378 g/mol. The molecule has 0 saturated carbocycles. The summed E-state index contributed by atoms with van der Waals surface area (Å²) in [6, 6.07) is 4.80. The highest BCUT2D eigenvalue weighted by Crippen LogP contribution is 2.29. The summed E-state index contributed by atoms with van der Waals surface area (Å²) in [5.41, 5.74) is 0.291. The highest BCUT2D eigenvalue weighted by molar-refractivity contribution is 5.90. The first-order valence-corrected chi connectivity index (χ1v) is 9.11. The molecule has 2 N–H and O–H groups in total. The number of likely N-dealkylation sites (tertiary alicyclic amines) is 1. The molecule has 1 fully saturated rings. The highest BCUT2D eigenvalue weighted by atomic mass is 19.2. The molecule has 1 aliphatic rings. The normalized spacial score (nSPS) is 17.3. The van der Waals surface area contributed by atoms with Crippen LogP contribution in [0, 0.1) is 11.6 Å². The fraction of sp³-hybridized carbons (Fsp3) is 0.474. The second kappa shape index (κ2) is 8.47. The summed E-state index contributed by atoms with van der Waals surface area (Å²) in [4.78, 5) is 14.5. The molecule has 1 atom stereocenters. The quantitative estimate of drug-likeness (QED) is 0.773. The number of nitrogens with zero attached hydrogens (tertiary/aromatic N) is 2. The van der Waals surface area contributed by atoms with Crippen LogP contribution in [0.4, 0.5) is 14.6 Å². The third-order valence-electron chi connectivity index (χ3n) is 4.94. The van der Waals surface area contributed by atoms with Gasteiger partial charge in [0.05, 0.1) is 12.8 Å². The van der Waals surface area contributed by atoms with Gasteiger partial charge in [0, 0.05) is 24.1 Å². The summed E-state index contributed by atoms with van der Waals surface area (Å²) in [5, 5.41) is 9.26. The van der Waals surface area contributed by atoms with Crippen LogP contribution in [0.5, 0.6) is 5.75 Å². The number of aromatic nitrogens is 2. The molecule has 146 valence electrons. The minimum Gasteiger partial charge on any atom is -0.494 e. The minimum atomic E-state index is -1.06. The lowest BCUT2D eigenvalue weighted by Crippen LogP contribution is -2.28. The number of halogens is 2. The third kappa shape index (κ3) is 4.44. The summed E-state index contributed by atoms with van der Waals surface area (Å²) in [7, 11) is 1.27. The van der Waals surface area contributed by atoms with Gasteiger partial charge in [-0.05, 0) is 51.4 Å². The van der Waals surface area contributed by atoms with E-state index in [-0.39, 0.29) is 28.7 Å². The largest absolute Gasteiger partial charge is 0.494 e. The topological polar surface area (TPSA) is 70.2 Å². The Balaban J connectivity index is 1.56. The van der Waals surface area contributed by atoms with Gasteiger partial charge in [-0.25, -0.2) is 4.39 Å². The maximum absolute atomic E-state index is 14.2.